The van der Waals surface area contributed by atoms with Gasteiger partial charge < -0.3 is 21.0 Å². The molecule has 0 unspecified atom stereocenters. The van der Waals surface area contributed by atoms with Crippen molar-refractivity contribution in [2.24, 2.45) is 16.3 Å². The number of oxime groups is 1. The molecule has 1 fully saturated rings. The van der Waals surface area contributed by atoms with Gasteiger partial charge in [0.2, 0.25) is 5.91 Å². The standard InChI is InChI=1S/C15H29N3O3/c1-2-3-11-21-12-10-17-14(19)15(13(16)18-20)8-6-4-5-7-9-15/h20H,2-12H2,1H3,(H2,16,18)(H,17,19). The van der Waals surface area contributed by atoms with Gasteiger partial charge in [0.1, 0.15) is 5.41 Å². The third-order valence-corrected chi connectivity index (χ3v) is 4.16. The fourth-order valence-electron chi connectivity index (χ4n) is 2.78. The lowest BCUT2D eigenvalue weighted by Gasteiger charge is -2.29. The summed E-state index contributed by atoms with van der Waals surface area (Å²) in [5.41, 5.74) is 4.98. The lowest BCUT2D eigenvalue weighted by atomic mass is 9.78. The van der Waals surface area contributed by atoms with Crippen molar-refractivity contribution in [2.75, 3.05) is 19.8 Å². The van der Waals surface area contributed by atoms with Crippen molar-refractivity contribution in [1.29, 1.82) is 0 Å². The summed E-state index contributed by atoms with van der Waals surface area (Å²) in [7, 11) is 0. The average Bonchev–Trinajstić information content (AvgIpc) is 2.76. The van der Waals surface area contributed by atoms with Crippen molar-refractivity contribution >= 4 is 11.7 Å². The van der Waals surface area contributed by atoms with Gasteiger partial charge in [0.15, 0.2) is 5.84 Å². The van der Waals surface area contributed by atoms with Crippen molar-refractivity contribution < 1.29 is 14.7 Å². The number of nitrogens with one attached hydrogen (secondary N) is 1. The van der Waals surface area contributed by atoms with Crippen LogP contribution in [0, 0.1) is 5.41 Å². The second kappa shape index (κ2) is 9.60. The molecule has 0 atom stereocenters. The van der Waals surface area contributed by atoms with E-state index in [9.17, 15) is 4.79 Å². The fourth-order valence-corrected chi connectivity index (χ4v) is 2.78. The van der Waals surface area contributed by atoms with Gasteiger partial charge in [0, 0.05) is 13.2 Å². The fraction of sp³-hybridized carbons (Fsp3) is 0.867. The highest BCUT2D eigenvalue weighted by atomic mass is 16.5. The Morgan fingerprint density at radius 3 is 2.52 bits per heavy atom. The molecule has 0 aromatic carbocycles. The van der Waals surface area contributed by atoms with E-state index in [1.54, 1.807) is 0 Å². The first kappa shape index (κ1) is 17.8. The van der Waals surface area contributed by atoms with Gasteiger partial charge in [-0.1, -0.05) is 44.2 Å². The Bertz CT molecular complexity index is 337. The first-order valence-electron chi connectivity index (χ1n) is 8.01. The molecule has 6 nitrogen and oxygen atoms in total. The summed E-state index contributed by atoms with van der Waals surface area (Å²) >= 11 is 0. The Morgan fingerprint density at radius 2 is 1.95 bits per heavy atom. The van der Waals surface area contributed by atoms with Crippen LogP contribution in [-0.4, -0.2) is 36.7 Å². The van der Waals surface area contributed by atoms with Crippen LogP contribution in [0.15, 0.2) is 5.16 Å². The predicted molar refractivity (Wildman–Crippen MR) is 82.3 cm³/mol. The third kappa shape index (κ3) is 5.19. The van der Waals surface area contributed by atoms with E-state index >= 15 is 0 Å². The van der Waals surface area contributed by atoms with Gasteiger partial charge in [0.05, 0.1) is 6.61 Å². The molecule has 1 saturated carbocycles. The van der Waals surface area contributed by atoms with Crippen LogP contribution in [0.3, 0.4) is 0 Å². The lowest BCUT2D eigenvalue weighted by molar-refractivity contribution is -0.128. The van der Waals surface area contributed by atoms with E-state index in [0.717, 1.165) is 45.1 Å². The lowest BCUT2D eigenvalue weighted by Crippen LogP contribution is -2.50. The number of rotatable bonds is 8. The first-order chi connectivity index (χ1) is 10.2. The summed E-state index contributed by atoms with van der Waals surface area (Å²) in [6.07, 6.45) is 7.45. The van der Waals surface area contributed by atoms with Crippen molar-refractivity contribution in [3.05, 3.63) is 0 Å². The van der Waals surface area contributed by atoms with E-state index in [1.165, 1.54) is 0 Å². The largest absolute Gasteiger partial charge is 0.409 e. The molecule has 0 aromatic heterocycles. The number of unbranched alkanes of at least 4 members (excludes halogenated alkanes) is 1. The zero-order valence-electron chi connectivity index (χ0n) is 13.1. The van der Waals surface area contributed by atoms with Crippen LogP contribution in [0.5, 0.6) is 0 Å². The van der Waals surface area contributed by atoms with Gasteiger partial charge in [-0.25, -0.2) is 0 Å². The molecule has 122 valence electrons. The maximum Gasteiger partial charge on any atom is 0.234 e. The Labute approximate surface area is 127 Å². The summed E-state index contributed by atoms with van der Waals surface area (Å²) in [4.78, 5) is 12.5. The van der Waals surface area contributed by atoms with Gasteiger partial charge in [-0.05, 0) is 19.3 Å². The Hall–Kier alpha value is -1.30. The number of hydrogen-bond donors (Lipinski definition) is 3. The molecule has 0 bridgehead atoms. The molecule has 0 radical (unpaired) electrons. The van der Waals surface area contributed by atoms with Crippen molar-refractivity contribution in [1.82, 2.24) is 5.32 Å². The number of carbonyl (C=O) groups excluding carboxylic acids is 1. The summed E-state index contributed by atoms with van der Waals surface area (Å²) in [5.74, 6) is -0.104. The Kier molecular flexibility index (Phi) is 8.12. The normalized spacial score (nSPS) is 19.0. The monoisotopic (exact) mass is 299 g/mol. The minimum absolute atomic E-state index is 0.0359. The molecule has 0 spiro atoms. The van der Waals surface area contributed by atoms with Gasteiger partial charge in [-0.2, -0.15) is 0 Å². The summed E-state index contributed by atoms with van der Waals surface area (Å²) < 4.78 is 5.43. The molecule has 0 aromatic rings. The smallest absolute Gasteiger partial charge is 0.234 e. The maximum absolute atomic E-state index is 12.5. The first-order valence-corrected chi connectivity index (χ1v) is 8.01. The number of amidine groups is 1. The highest BCUT2D eigenvalue weighted by Gasteiger charge is 2.42. The van der Waals surface area contributed by atoms with Crippen molar-refractivity contribution in [3.63, 3.8) is 0 Å². The number of amides is 1. The van der Waals surface area contributed by atoms with E-state index in [2.05, 4.69) is 17.4 Å². The molecule has 0 aliphatic heterocycles. The quantitative estimate of drug-likeness (QED) is 0.159. The number of ether oxygens (including phenoxy) is 1. The van der Waals surface area contributed by atoms with Crippen LogP contribution < -0.4 is 11.1 Å². The van der Waals surface area contributed by atoms with E-state index < -0.39 is 5.41 Å². The zero-order valence-corrected chi connectivity index (χ0v) is 13.1. The van der Waals surface area contributed by atoms with Crippen LogP contribution in [-0.2, 0) is 9.53 Å². The van der Waals surface area contributed by atoms with E-state index in [1.807, 2.05) is 0 Å². The predicted octanol–water partition coefficient (Wildman–Crippen LogP) is 2.01. The van der Waals surface area contributed by atoms with Gasteiger partial charge in [0.25, 0.3) is 0 Å². The molecule has 1 aliphatic rings. The summed E-state index contributed by atoms with van der Waals surface area (Å²) in [6, 6.07) is 0. The summed E-state index contributed by atoms with van der Waals surface area (Å²) in [5, 5.41) is 15.0. The van der Waals surface area contributed by atoms with Crippen LogP contribution in [0.25, 0.3) is 0 Å². The average molecular weight is 299 g/mol. The van der Waals surface area contributed by atoms with Crippen molar-refractivity contribution in [2.45, 2.75) is 58.3 Å². The highest BCUT2D eigenvalue weighted by Crippen LogP contribution is 2.35. The number of hydrogen-bond acceptors (Lipinski definition) is 4. The maximum atomic E-state index is 12.5. The molecule has 0 saturated heterocycles. The second-order valence-electron chi connectivity index (χ2n) is 5.70. The molecular formula is C15H29N3O3. The molecule has 1 aliphatic carbocycles. The minimum Gasteiger partial charge on any atom is -0.409 e. The summed E-state index contributed by atoms with van der Waals surface area (Å²) in [6.45, 7) is 3.79. The Morgan fingerprint density at radius 1 is 1.29 bits per heavy atom. The van der Waals surface area contributed by atoms with Crippen LogP contribution >= 0.6 is 0 Å². The SMILES string of the molecule is CCCCOCCNC(=O)C1(C(N)=NO)CCCCCC1. The molecular weight excluding hydrogens is 270 g/mol. The van der Waals surface area contributed by atoms with Gasteiger partial charge in [-0.15, -0.1) is 0 Å². The zero-order chi connectivity index (χ0) is 15.6. The minimum atomic E-state index is -0.853. The van der Waals surface area contributed by atoms with Crippen LogP contribution in [0.4, 0.5) is 0 Å². The Balaban J connectivity index is 2.52. The van der Waals surface area contributed by atoms with E-state index in [4.69, 9.17) is 15.7 Å². The molecule has 1 rings (SSSR count). The molecule has 1 amide bonds. The molecule has 21 heavy (non-hydrogen) atoms. The number of nitrogens with zero attached hydrogens (tertiary/aromatic N) is 1. The number of nitrogens with two attached hydrogens (primary N) is 1. The number of carbonyl (C=O) groups is 1. The van der Waals surface area contributed by atoms with Gasteiger partial charge >= 0.3 is 0 Å². The third-order valence-electron chi connectivity index (χ3n) is 4.16. The molecule has 6 heteroatoms. The van der Waals surface area contributed by atoms with Gasteiger partial charge in [-0.3, -0.25) is 4.79 Å². The molecule has 0 heterocycles. The highest BCUT2D eigenvalue weighted by molar-refractivity contribution is 6.06. The van der Waals surface area contributed by atoms with Crippen LogP contribution in [0.1, 0.15) is 58.3 Å². The van der Waals surface area contributed by atoms with Crippen molar-refractivity contribution in [3.8, 4) is 0 Å². The topological polar surface area (TPSA) is 96.9 Å². The molecule has 4 N–H and O–H groups in total. The van der Waals surface area contributed by atoms with Crippen LogP contribution in [0.2, 0.25) is 0 Å². The van der Waals surface area contributed by atoms with E-state index in [0.29, 0.717) is 26.0 Å². The second-order valence-corrected chi connectivity index (χ2v) is 5.70. The van der Waals surface area contributed by atoms with E-state index in [-0.39, 0.29) is 11.7 Å².